The summed E-state index contributed by atoms with van der Waals surface area (Å²) in [6.45, 7) is 0.382. The van der Waals surface area contributed by atoms with Crippen LogP contribution in [0.3, 0.4) is 0 Å². The van der Waals surface area contributed by atoms with E-state index < -0.39 is 17.4 Å². The third kappa shape index (κ3) is 8.30. The molecule has 10 nitrogen and oxygen atoms in total. The number of benzene rings is 2. The molecule has 0 aliphatic carbocycles. The lowest BCUT2D eigenvalue weighted by Gasteiger charge is -2.12. The Balaban J connectivity index is 1.23. The fourth-order valence-corrected chi connectivity index (χ4v) is 4.24. The van der Waals surface area contributed by atoms with Gasteiger partial charge in [-0.1, -0.05) is 0 Å². The first-order valence-electron chi connectivity index (χ1n) is 11.3. The van der Waals surface area contributed by atoms with E-state index in [-0.39, 0.29) is 43.0 Å². The number of halogens is 4. The van der Waals surface area contributed by atoms with Crippen molar-refractivity contribution in [3.8, 4) is 28.5 Å². The summed E-state index contributed by atoms with van der Waals surface area (Å²) >= 11 is 7.24. The number of nitro groups is 1. The number of hydrogen-bond acceptors (Lipinski definition) is 9. The maximum Gasteiger partial charge on any atom is 0.573 e. The fraction of sp³-hybridized carbons (Fsp3) is 0.250. The molecule has 2 aromatic carbocycles. The van der Waals surface area contributed by atoms with Gasteiger partial charge in [0.05, 0.1) is 11.8 Å². The zero-order valence-electron chi connectivity index (χ0n) is 19.9. The van der Waals surface area contributed by atoms with Crippen molar-refractivity contribution in [1.29, 1.82) is 0 Å². The summed E-state index contributed by atoms with van der Waals surface area (Å²) < 4.78 is 53.2. The molecule has 0 fully saturated rings. The van der Waals surface area contributed by atoms with Gasteiger partial charge < -0.3 is 29.4 Å². The lowest BCUT2D eigenvalue weighted by molar-refractivity contribution is -0.389. The maximum absolute atomic E-state index is 12.3. The first kappa shape index (κ1) is 28.1. The van der Waals surface area contributed by atoms with Gasteiger partial charge in [0, 0.05) is 17.5 Å². The lowest BCUT2D eigenvalue weighted by atomic mass is 10.2. The number of aryl methyl sites for hydroxylation is 1. The predicted octanol–water partition coefficient (Wildman–Crippen LogP) is 5.88. The summed E-state index contributed by atoms with van der Waals surface area (Å²) in [5.41, 5.74) is 1.54. The second-order valence-corrected chi connectivity index (χ2v) is 9.31. The van der Waals surface area contributed by atoms with Crippen LogP contribution in [0, 0.1) is 10.1 Å². The van der Waals surface area contributed by atoms with Gasteiger partial charge in [-0.2, -0.15) is 0 Å². The molecule has 1 atom stereocenters. The van der Waals surface area contributed by atoms with E-state index in [9.17, 15) is 28.4 Å². The van der Waals surface area contributed by atoms with Crippen LogP contribution in [-0.4, -0.2) is 43.6 Å². The Hall–Kier alpha value is -3.88. The lowest BCUT2D eigenvalue weighted by Crippen LogP contribution is -2.19. The molecule has 4 rings (SSSR count). The molecule has 1 N–H and O–H groups in total. The van der Waals surface area contributed by atoms with Crippen molar-refractivity contribution in [3.63, 3.8) is 0 Å². The van der Waals surface area contributed by atoms with E-state index in [1.807, 2.05) is 17.5 Å². The second kappa shape index (κ2) is 12.3. The number of imidazole rings is 1. The van der Waals surface area contributed by atoms with Crippen molar-refractivity contribution in [3.05, 3.63) is 80.5 Å². The van der Waals surface area contributed by atoms with Crippen molar-refractivity contribution in [2.24, 2.45) is 0 Å². The Morgan fingerprint density at radius 2 is 1.69 bits per heavy atom. The highest BCUT2D eigenvalue weighted by molar-refractivity contribution is 7.09. The van der Waals surface area contributed by atoms with Crippen molar-refractivity contribution in [2.45, 2.75) is 32.0 Å². The van der Waals surface area contributed by atoms with E-state index in [2.05, 4.69) is 14.7 Å². The monoisotopic (exact) mass is 584 g/mol. The Labute approximate surface area is 228 Å². The third-order valence-electron chi connectivity index (χ3n) is 5.17. The van der Waals surface area contributed by atoms with E-state index in [1.54, 1.807) is 12.1 Å². The summed E-state index contributed by atoms with van der Waals surface area (Å²) in [4.78, 5) is 18.3. The van der Waals surface area contributed by atoms with Gasteiger partial charge in [0.25, 0.3) is 0 Å². The maximum atomic E-state index is 12.3. The quantitative estimate of drug-likeness (QED) is 0.162. The van der Waals surface area contributed by atoms with Gasteiger partial charge in [-0.3, -0.25) is 4.57 Å². The van der Waals surface area contributed by atoms with Crippen molar-refractivity contribution >= 4 is 28.8 Å². The van der Waals surface area contributed by atoms with Crippen LogP contribution in [-0.2, 0) is 13.2 Å². The number of alkyl halides is 3. The van der Waals surface area contributed by atoms with Crippen molar-refractivity contribution in [1.82, 2.24) is 14.5 Å². The number of rotatable bonds is 12. The van der Waals surface area contributed by atoms with Gasteiger partial charge in [-0.25, -0.2) is 4.98 Å². The van der Waals surface area contributed by atoms with E-state index in [4.69, 9.17) is 21.1 Å². The van der Waals surface area contributed by atoms with Gasteiger partial charge in [-0.15, -0.1) is 24.5 Å². The molecule has 0 amide bonds. The van der Waals surface area contributed by atoms with Crippen molar-refractivity contribution < 1.29 is 37.4 Å². The number of aromatic nitrogens is 3. The van der Waals surface area contributed by atoms with Gasteiger partial charge in [0.2, 0.25) is 0 Å². The molecule has 206 valence electrons. The normalized spacial score (nSPS) is 12.2. The molecule has 0 saturated carbocycles. The summed E-state index contributed by atoms with van der Waals surface area (Å²) in [7, 11) is 0. The molecule has 0 saturated heterocycles. The Morgan fingerprint density at radius 1 is 1.05 bits per heavy atom. The number of aliphatic hydroxyl groups excluding tert-OH is 1. The second-order valence-electron chi connectivity index (χ2n) is 8.03. The number of hydrogen-bond donors (Lipinski definition) is 1. The van der Waals surface area contributed by atoms with Crippen LogP contribution in [0.25, 0.3) is 11.3 Å². The molecule has 1 unspecified atom stereocenters. The first-order chi connectivity index (χ1) is 18.6. The molecule has 0 aliphatic rings. The van der Waals surface area contributed by atoms with Gasteiger partial charge in [-0.05, 0) is 76.5 Å². The Kier molecular flexibility index (Phi) is 8.89. The number of nitrogens with zero attached hydrogens (tertiary/aromatic N) is 4. The minimum Gasteiger partial charge on any atom is -0.491 e. The highest BCUT2D eigenvalue weighted by atomic mass is 35.5. The van der Waals surface area contributed by atoms with Crippen LogP contribution in [0.5, 0.6) is 17.2 Å². The third-order valence-corrected chi connectivity index (χ3v) is 6.29. The Morgan fingerprint density at radius 3 is 2.33 bits per heavy atom. The van der Waals surface area contributed by atoms with Gasteiger partial charge in [0.15, 0.2) is 0 Å². The largest absolute Gasteiger partial charge is 0.573 e. The van der Waals surface area contributed by atoms with Crippen LogP contribution in [0.2, 0.25) is 5.28 Å². The molecule has 0 radical (unpaired) electrons. The minimum absolute atomic E-state index is 0.00918. The summed E-state index contributed by atoms with van der Waals surface area (Å²) in [6, 6.07) is 12.2. The molecule has 4 aromatic rings. The molecule has 39 heavy (non-hydrogen) atoms. The SMILES string of the molecule is O=[N+]([O-])c1cn(CCC(O)COc2ccc(-c3csc(COc4ccc(OC(F)(F)F)cc4)n3)cc2)c(Cl)n1. The van der Waals surface area contributed by atoms with Crippen LogP contribution in [0.4, 0.5) is 19.0 Å². The average Bonchev–Trinajstić information content (AvgIpc) is 3.52. The minimum atomic E-state index is -4.75. The van der Waals surface area contributed by atoms with Crippen molar-refractivity contribution in [2.75, 3.05) is 6.61 Å². The molecule has 15 heteroatoms. The number of ether oxygens (including phenoxy) is 3. The van der Waals surface area contributed by atoms with E-state index in [0.29, 0.717) is 22.2 Å². The predicted molar refractivity (Wildman–Crippen MR) is 135 cm³/mol. The van der Waals surface area contributed by atoms with Crippen LogP contribution >= 0.6 is 22.9 Å². The molecule has 0 bridgehead atoms. The standard InChI is InChI=1S/C24H20ClF3N4O6S/c25-23-30-21(32(34)35)11-31(23)10-9-16(33)12-36-17-3-1-15(2-4-17)20-14-39-22(29-20)13-37-18-5-7-19(8-6-18)38-24(26,27)28/h1-8,11,14,16,33H,9-10,12-13H2. The molecule has 0 aliphatic heterocycles. The number of thiazole rings is 1. The molecule has 0 spiro atoms. The molecular weight excluding hydrogens is 565 g/mol. The van der Waals surface area contributed by atoms with Crippen LogP contribution < -0.4 is 14.2 Å². The molecule has 2 aromatic heterocycles. The van der Waals surface area contributed by atoms with Gasteiger partial charge >= 0.3 is 17.5 Å². The van der Waals surface area contributed by atoms with Crippen LogP contribution in [0.1, 0.15) is 11.4 Å². The van der Waals surface area contributed by atoms with E-state index >= 15 is 0 Å². The summed E-state index contributed by atoms with van der Waals surface area (Å²) in [5.74, 6) is 0.213. The van der Waals surface area contributed by atoms with Crippen LogP contribution in [0.15, 0.2) is 60.1 Å². The fourth-order valence-electron chi connectivity index (χ4n) is 3.30. The van der Waals surface area contributed by atoms with Gasteiger partial charge in [0.1, 0.15) is 41.7 Å². The first-order valence-corrected chi connectivity index (χ1v) is 12.5. The molecular formula is C24H20ClF3N4O6S. The topological polar surface area (TPSA) is 122 Å². The summed E-state index contributed by atoms with van der Waals surface area (Å²) in [6.07, 6.45) is -4.13. The average molecular weight is 585 g/mol. The zero-order valence-corrected chi connectivity index (χ0v) is 21.4. The van der Waals surface area contributed by atoms with E-state index in [0.717, 1.165) is 5.56 Å². The summed E-state index contributed by atoms with van der Waals surface area (Å²) in [5, 5.41) is 23.5. The smallest absolute Gasteiger partial charge is 0.491 e. The molecule has 2 heterocycles. The van der Waals surface area contributed by atoms with E-state index in [1.165, 1.54) is 46.4 Å². The zero-order chi connectivity index (χ0) is 28.0. The number of aliphatic hydroxyl groups is 1. The highest BCUT2D eigenvalue weighted by Gasteiger charge is 2.31. The Bertz CT molecular complexity index is 1400. The highest BCUT2D eigenvalue weighted by Crippen LogP contribution is 2.27.